The van der Waals surface area contributed by atoms with Crippen molar-refractivity contribution in [1.29, 1.82) is 0 Å². The number of hydrogen-bond acceptors (Lipinski definition) is 3. The van der Waals surface area contributed by atoms with Crippen LogP contribution in [0.4, 0.5) is 4.79 Å². The van der Waals surface area contributed by atoms with Crippen LogP contribution in [0.25, 0.3) is 0 Å². The van der Waals surface area contributed by atoms with Crippen molar-refractivity contribution in [3.8, 4) is 0 Å². The second-order valence-electron chi connectivity index (χ2n) is 4.28. The fourth-order valence-electron chi connectivity index (χ4n) is 2.34. The van der Waals surface area contributed by atoms with Gasteiger partial charge in [-0.1, -0.05) is 12.2 Å². The standard InChI is InChI=1S/C12H15NO5/c1-3-5-12(6-4-2)7-8(9(14)15)13(10(12)16)11(17)18/h3-4,8H,1-2,5-7H2,(H,14,15)(H,17,18). The minimum atomic E-state index is -1.54. The number of imide groups is 1. The van der Waals surface area contributed by atoms with E-state index in [0.29, 0.717) is 4.90 Å². The number of aliphatic carboxylic acids is 1. The quantitative estimate of drug-likeness (QED) is 0.724. The van der Waals surface area contributed by atoms with Crippen LogP contribution in [-0.2, 0) is 9.59 Å². The van der Waals surface area contributed by atoms with E-state index < -0.39 is 29.4 Å². The molecular weight excluding hydrogens is 238 g/mol. The first-order valence-corrected chi connectivity index (χ1v) is 5.41. The summed E-state index contributed by atoms with van der Waals surface area (Å²) in [5.74, 6) is -2.01. The highest BCUT2D eigenvalue weighted by Gasteiger charge is 2.55. The van der Waals surface area contributed by atoms with E-state index in [-0.39, 0.29) is 19.3 Å². The van der Waals surface area contributed by atoms with E-state index in [4.69, 9.17) is 10.2 Å². The van der Waals surface area contributed by atoms with Crippen LogP contribution in [0, 0.1) is 5.41 Å². The maximum atomic E-state index is 12.1. The van der Waals surface area contributed by atoms with E-state index in [9.17, 15) is 14.4 Å². The van der Waals surface area contributed by atoms with E-state index in [2.05, 4.69) is 13.2 Å². The average Bonchev–Trinajstić information content (AvgIpc) is 2.54. The van der Waals surface area contributed by atoms with Gasteiger partial charge >= 0.3 is 12.1 Å². The molecule has 0 bridgehead atoms. The minimum Gasteiger partial charge on any atom is -0.480 e. The lowest BCUT2D eigenvalue weighted by Gasteiger charge is -2.23. The highest BCUT2D eigenvalue weighted by atomic mass is 16.4. The van der Waals surface area contributed by atoms with Crippen LogP contribution in [-0.4, -0.2) is 39.1 Å². The summed E-state index contributed by atoms with van der Waals surface area (Å²) in [5, 5.41) is 18.0. The number of carboxylic acids is 1. The van der Waals surface area contributed by atoms with Crippen molar-refractivity contribution >= 4 is 18.0 Å². The molecule has 2 N–H and O–H groups in total. The number of allylic oxidation sites excluding steroid dienone is 2. The number of carboxylic acid groups (broad SMARTS) is 2. The topological polar surface area (TPSA) is 94.9 Å². The van der Waals surface area contributed by atoms with Crippen molar-refractivity contribution in [2.24, 2.45) is 5.41 Å². The Balaban J connectivity index is 3.20. The second-order valence-corrected chi connectivity index (χ2v) is 4.28. The van der Waals surface area contributed by atoms with Gasteiger partial charge < -0.3 is 10.2 Å². The summed E-state index contributed by atoms with van der Waals surface area (Å²) < 4.78 is 0. The number of amides is 2. The molecule has 0 aromatic heterocycles. The molecule has 2 amide bonds. The normalized spacial score (nSPS) is 21.7. The number of carbonyl (C=O) groups is 3. The van der Waals surface area contributed by atoms with Gasteiger partial charge in [0, 0.05) is 0 Å². The number of likely N-dealkylation sites (tertiary alicyclic amines) is 1. The Morgan fingerprint density at radius 1 is 1.33 bits per heavy atom. The Morgan fingerprint density at radius 2 is 1.83 bits per heavy atom. The molecule has 1 aliphatic rings. The van der Waals surface area contributed by atoms with E-state index in [1.807, 2.05) is 0 Å². The Bertz CT molecular complexity index is 405. The Kier molecular flexibility index (Phi) is 3.90. The van der Waals surface area contributed by atoms with Crippen LogP contribution < -0.4 is 0 Å². The van der Waals surface area contributed by atoms with Crippen molar-refractivity contribution in [3.05, 3.63) is 25.3 Å². The van der Waals surface area contributed by atoms with Crippen molar-refractivity contribution in [2.45, 2.75) is 25.3 Å². The molecule has 18 heavy (non-hydrogen) atoms. The second kappa shape index (κ2) is 5.03. The zero-order valence-electron chi connectivity index (χ0n) is 9.83. The Hall–Kier alpha value is -2.11. The summed E-state index contributed by atoms with van der Waals surface area (Å²) in [7, 11) is 0. The van der Waals surface area contributed by atoms with Crippen LogP contribution >= 0.6 is 0 Å². The number of hydrogen-bond donors (Lipinski definition) is 2. The van der Waals surface area contributed by atoms with Crippen molar-refractivity contribution in [2.75, 3.05) is 0 Å². The van der Waals surface area contributed by atoms with Crippen LogP contribution in [0.15, 0.2) is 25.3 Å². The van der Waals surface area contributed by atoms with Crippen molar-refractivity contribution < 1.29 is 24.6 Å². The van der Waals surface area contributed by atoms with Crippen molar-refractivity contribution in [1.82, 2.24) is 4.90 Å². The van der Waals surface area contributed by atoms with E-state index in [1.165, 1.54) is 12.2 Å². The maximum Gasteiger partial charge on any atom is 0.414 e. The summed E-state index contributed by atoms with van der Waals surface area (Å²) in [6, 6.07) is -1.34. The van der Waals surface area contributed by atoms with E-state index >= 15 is 0 Å². The summed E-state index contributed by atoms with van der Waals surface area (Å²) in [6.07, 6.45) is 1.85. The molecule has 6 heteroatoms. The van der Waals surface area contributed by atoms with Crippen LogP contribution in [0.3, 0.4) is 0 Å². The van der Waals surface area contributed by atoms with E-state index in [1.54, 1.807) is 0 Å². The molecule has 1 saturated heterocycles. The smallest absolute Gasteiger partial charge is 0.414 e. The first kappa shape index (κ1) is 14.0. The summed E-state index contributed by atoms with van der Waals surface area (Å²) in [5.41, 5.74) is -1.05. The highest BCUT2D eigenvalue weighted by molar-refractivity contribution is 6.01. The average molecular weight is 253 g/mol. The molecule has 1 fully saturated rings. The number of carbonyl (C=O) groups excluding carboxylic acids is 1. The third-order valence-corrected chi connectivity index (χ3v) is 3.13. The van der Waals surface area contributed by atoms with Gasteiger partial charge in [-0.3, -0.25) is 4.79 Å². The summed E-state index contributed by atoms with van der Waals surface area (Å²) in [4.78, 5) is 34.6. The number of rotatable bonds is 5. The molecular formula is C12H15NO5. The summed E-state index contributed by atoms with van der Waals surface area (Å²) in [6.45, 7) is 7.05. The van der Waals surface area contributed by atoms with Gasteiger partial charge in [0.25, 0.3) is 0 Å². The van der Waals surface area contributed by atoms with Crippen LogP contribution in [0.5, 0.6) is 0 Å². The van der Waals surface area contributed by atoms with Crippen molar-refractivity contribution in [3.63, 3.8) is 0 Å². The molecule has 0 aromatic carbocycles. The fourth-order valence-corrected chi connectivity index (χ4v) is 2.34. The van der Waals surface area contributed by atoms with Crippen LogP contribution in [0.2, 0.25) is 0 Å². The minimum absolute atomic E-state index is 0.0501. The SMILES string of the molecule is C=CCC1(CC=C)CC(C(=O)O)N(C(=O)O)C1=O. The zero-order chi connectivity index (χ0) is 13.9. The fraction of sp³-hybridized carbons (Fsp3) is 0.417. The molecule has 1 aliphatic heterocycles. The van der Waals surface area contributed by atoms with Gasteiger partial charge in [-0.25, -0.2) is 14.5 Å². The molecule has 1 rings (SSSR count). The van der Waals surface area contributed by atoms with Gasteiger partial charge in [0.1, 0.15) is 6.04 Å². The predicted octanol–water partition coefficient (Wildman–Crippen LogP) is 1.49. The predicted molar refractivity (Wildman–Crippen MR) is 63.0 cm³/mol. The lowest BCUT2D eigenvalue weighted by atomic mass is 9.78. The molecule has 1 atom stereocenters. The largest absolute Gasteiger partial charge is 0.480 e. The third-order valence-electron chi connectivity index (χ3n) is 3.13. The zero-order valence-corrected chi connectivity index (χ0v) is 9.83. The maximum absolute atomic E-state index is 12.1. The molecule has 0 aliphatic carbocycles. The lowest BCUT2D eigenvalue weighted by Crippen LogP contribution is -2.43. The first-order chi connectivity index (χ1) is 8.39. The molecule has 98 valence electrons. The molecule has 1 unspecified atom stereocenters. The van der Waals surface area contributed by atoms with Gasteiger partial charge in [0.2, 0.25) is 5.91 Å². The van der Waals surface area contributed by atoms with Gasteiger partial charge in [0.15, 0.2) is 0 Å². The lowest BCUT2D eigenvalue weighted by molar-refractivity contribution is -0.145. The molecule has 0 saturated carbocycles. The van der Waals surface area contributed by atoms with Crippen LogP contribution in [0.1, 0.15) is 19.3 Å². The van der Waals surface area contributed by atoms with Gasteiger partial charge in [-0.2, -0.15) is 0 Å². The molecule has 0 aromatic rings. The third kappa shape index (κ3) is 2.13. The molecule has 1 heterocycles. The van der Waals surface area contributed by atoms with Gasteiger partial charge in [-0.15, -0.1) is 13.2 Å². The first-order valence-electron chi connectivity index (χ1n) is 5.41. The Morgan fingerprint density at radius 3 is 2.11 bits per heavy atom. The van der Waals surface area contributed by atoms with Gasteiger partial charge in [0.05, 0.1) is 5.41 Å². The summed E-state index contributed by atoms with van der Waals surface area (Å²) >= 11 is 0. The monoisotopic (exact) mass is 253 g/mol. The number of nitrogens with zero attached hydrogens (tertiary/aromatic N) is 1. The van der Waals surface area contributed by atoms with Gasteiger partial charge in [-0.05, 0) is 19.3 Å². The molecule has 0 spiro atoms. The molecule has 0 radical (unpaired) electrons. The van der Waals surface area contributed by atoms with E-state index in [0.717, 1.165) is 0 Å². The molecule has 6 nitrogen and oxygen atoms in total. The highest BCUT2D eigenvalue weighted by Crippen LogP contribution is 2.42. The Labute approximate surface area is 104 Å².